The van der Waals surface area contributed by atoms with E-state index in [1.807, 2.05) is 23.1 Å². The fourth-order valence-corrected chi connectivity index (χ4v) is 4.70. The van der Waals surface area contributed by atoms with Gasteiger partial charge in [-0.1, -0.05) is 30.5 Å². The first-order valence-corrected chi connectivity index (χ1v) is 11.3. The van der Waals surface area contributed by atoms with Crippen molar-refractivity contribution in [3.05, 3.63) is 76.2 Å². The maximum Gasteiger partial charge on any atom is 0.337 e. The molecule has 0 unspecified atom stereocenters. The third-order valence-electron chi connectivity index (χ3n) is 6.26. The lowest BCUT2D eigenvalue weighted by Gasteiger charge is -2.23. The standard InChI is InChI=1S/C25H22ClN3O4/c26-22-8-5-15(10-21(22)25(31)32)23-12-27-17(11-28-23)14-33-19-6-7-20-16(9-19)13-29(24(20)30)18-3-1-2-4-18/h5-12,18H,1-4,13-14H2,(H,31,32). The van der Waals surface area contributed by atoms with Crippen molar-refractivity contribution >= 4 is 23.5 Å². The second kappa shape index (κ2) is 8.83. The Bertz CT molecular complexity index is 1220. The van der Waals surface area contributed by atoms with Crippen molar-refractivity contribution in [3.63, 3.8) is 0 Å². The summed E-state index contributed by atoms with van der Waals surface area (Å²) < 4.78 is 5.90. The molecule has 0 saturated heterocycles. The lowest BCUT2D eigenvalue weighted by atomic mass is 10.1. The van der Waals surface area contributed by atoms with Crippen LogP contribution >= 0.6 is 11.6 Å². The van der Waals surface area contributed by atoms with Gasteiger partial charge >= 0.3 is 5.97 Å². The molecular formula is C25H22ClN3O4. The molecule has 8 heteroatoms. The molecule has 3 aromatic rings. The van der Waals surface area contributed by atoms with Crippen molar-refractivity contribution in [2.75, 3.05) is 0 Å². The Kier molecular flexibility index (Phi) is 5.72. The zero-order valence-electron chi connectivity index (χ0n) is 17.8. The van der Waals surface area contributed by atoms with Crippen LogP contribution in [0.3, 0.4) is 0 Å². The average Bonchev–Trinajstić information content (AvgIpc) is 3.46. The summed E-state index contributed by atoms with van der Waals surface area (Å²) in [4.78, 5) is 34.8. The van der Waals surface area contributed by atoms with Gasteiger partial charge in [0, 0.05) is 23.7 Å². The van der Waals surface area contributed by atoms with Crippen LogP contribution in [0.15, 0.2) is 48.8 Å². The summed E-state index contributed by atoms with van der Waals surface area (Å²) in [5.74, 6) is -0.287. The molecule has 0 radical (unpaired) electrons. The van der Waals surface area contributed by atoms with Gasteiger partial charge in [-0.2, -0.15) is 0 Å². The van der Waals surface area contributed by atoms with Crippen LogP contribution in [0.4, 0.5) is 0 Å². The molecule has 33 heavy (non-hydrogen) atoms. The predicted octanol–water partition coefficient (Wildman–Crippen LogP) is 4.97. The molecule has 1 fully saturated rings. The van der Waals surface area contributed by atoms with Crippen LogP contribution in [0.2, 0.25) is 5.02 Å². The number of halogens is 1. The smallest absolute Gasteiger partial charge is 0.337 e. The molecule has 1 aromatic heterocycles. The Morgan fingerprint density at radius 1 is 1.12 bits per heavy atom. The van der Waals surface area contributed by atoms with E-state index in [9.17, 15) is 14.7 Å². The van der Waals surface area contributed by atoms with Crippen molar-refractivity contribution in [2.45, 2.75) is 44.9 Å². The molecular weight excluding hydrogens is 442 g/mol. The number of nitrogens with zero attached hydrogens (tertiary/aromatic N) is 3. The molecule has 2 heterocycles. The molecule has 168 valence electrons. The van der Waals surface area contributed by atoms with Gasteiger partial charge in [-0.05, 0) is 48.7 Å². The minimum Gasteiger partial charge on any atom is -0.487 e. The third kappa shape index (κ3) is 4.28. The van der Waals surface area contributed by atoms with Crippen molar-refractivity contribution in [1.29, 1.82) is 0 Å². The van der Waals surface area contributed by atoms with Crippen LogP contribution in [0.1, 0.15) is 57.7 Å². The highest BCUT2D eigenvalue weighted by Crippen LogP contribution is 2.33. The quantitative estimate of drug-likeness (QED) is 0.554. The van der Waals surface area contributed by atoms with E-state index in [1.54, 1.807) is 18.5 Å². The first-order chi connectivity index (χ1) is 16.0. The summed E-state index contributed by atoms with van der Waals surface area (Å²) >= 11 is 5.93. The van der Waals surface area contributed by atoms with E-state index in [2.05, 4.69) is 9.97 Å². The van der Waals surface area contributed by atoms with Crippen LogP contribution in [-0.2, 0) is 13.2 Å². The number of benzene rings is 2. The van der Waals surface area contributed by atoms with Crippen LogP contribution < -0.4 is 4.74 Å². The van der Waals surface area contributed by atoms with Gasteiger partial charge in [-0.25, -0.2) is 4.79 Å². The van der Waals surface area contributed by atoms with Crippen molar-refractivity contribution < 1.29 is 19.4 Å². The number of aromatic carboxylic acids is 1. The van der Waals surface area contributed by atoms with Gasteiger partial charge in [-0.15, -0.1) is 0 Å². The zero-order valence-corrected chi connectivity index (χ0v) is 18.6. The third-order valence-corrected chi connectivity index (χ3v) is 6.59. The van der Waals surface area contributed by atoms with Crippen molar-refractivity contribution in [3.8, 4) is 17.0 Å². The average molecular weight is 464 g/mol. The maximum absolute atomic E-state index is 12.7. The minimum absolute atomic E-state index is 0.0185. The number of carboxylic acid groups (broad SMARTS) is 1. The monoisotopic (exact) mass is 463 g/mol. The number of hydrogen-bond acceptors (Lipinski definition) is 5. The number of fused-ring (bicyclic) bond motifs is 1. The highest BCUT2D eigenvalue weighted by molar-refractivity contribution is 6.33. The largest absolute Gasteiger partial charge is 0.487 e. The van der Waals surface area contributed by atoms with Gasteiger partial charge in [0.25, 0.3) is 5.91 Å². The molecule has 2 aliphatic rings. The predicted molar refractivity (Wildman–Crippen MR) is 122 cm³/mol. The second-order valence-electron chi connectivity index (χ2n) is 8.37. The molecule has 7 nitrogen and oxygen atoms in total. The molecule has 2 aromatic carbocycles. The maximum atomic E-state index is 12.7. The molecule has 0 atom stereocenters. The van der Waals surface area contributed by atoms with Crippen molar-refractivity contribution in [1.82, 2.24) is 14.9 Å². The van der Waals surface area contributed by atoms with Crippen LogP contribution in [-0.4, -0.2) is 37.9 Å². The van der Waals surface area contributed by atoms with Crippen LogP contribution in [0, 0.1) is 0 Å². The SMILES string of the molecule is O=C(O)c1cc(-c2cnc(COc3ccc4c(c3)CN(C3CCCC3)C4=O)cn2)ccc1Cl. The minimum atomic E-state index is -1.10. The number of amides is 1. The normalized spacial score (nSPS) is 15.7. The van der Waals surface area contributed by atoms with Crippen LogP contribution in [0.25, 0.3) is 11.3 Å². The van der Waals surface area contributed by atoms with E-state index in [4.69, 9.17) is 16.3 Å². The number of carboxylic acids is 1. The molecule has 1 N–H and O–H groups in total. The molecule has 1 saturated carbocycles. The lowest BCUT2D eigenvalue weighted by Crippen LogP contribution is -2.33. The number of carbonyl (C=O) groups is 2. The van der Waals surface area contributed by atoms with Gasteiger partial charge in [0.2, 0.25) is 0 Å². The first kappa shape index (κ1) is 21.4. The van der Waals surface area contributed by atoms with Gasteiger partial charge in [0.1, 0.15) is 12.4 Å². The van der Waals surface area contributed by atoms with E-state index in [0.29, 0.717) is 35.3 Å². The van der Waals surface area contributed by atoms with E-state index in [0.717, 1.165) is 24.0 Å². The van der Waals surface area contributed by atoms with E-state index >= 15 is 0 Å². The Morgan fingerprint density at radius 3 is 2.67 bits per heavy atom. The fraction of sp³-hybridized carbons (Fsp3) is 0.280. The summed E-state index contributed by atoms with van der Waals surface area (Å²) in [6, 6.07) is 10.7. The molecule has 0 spiro atoms. The van der Waals surface area contributed by atoms with Gasteiger partial charge in [0.05, 0.1) is 34.4 Å². The van der Waals surface area contributed by atoms with E-state index < -0.39 is 5.97 Å². The Hall–Kier alpha value is -3.45. The number of carbonyl (C=O) groups excluding carboxylic acids is 1. The topological polar surface area (TPSA) is 92.6 Å². The Morgan fingerprint density at radius 2 is 1.94 bits per heavy atom. The molecule has 1 aliphatic carbocycles. The zero-order chi connectivity index (χ0) is 22.9. The van der Waals surface area contributed by atoms with Crippen LogP contribution in [0.5, 0.6) is 5.75 Å². The number of aromatic nitrogens is 2. The fourth-order valence-electron chi connectivity index (χ4n) is 4.50. The molecule has 1 amide bonds. The van der Waals surface area contributed by atoms with E-state index in [1.165, 1.54) is 25.0 Å². The highest BCUT2D eigenvalue weighted by Gasteiger charge is 2.34. The Labute approximate surface area is 196 Å². The Balaban J connectivity index is 1.25. The first-order valence-electron chi connectivity index (χ1n) is 10.9. The highest BCUT2D eigenvalue weighted by atomic mass is 35.5. The lowest BCUT2D eigenvalue weighted by molar-refractivity contribution is 0.0691. The summed E-state index contributed by atoms with van der Waals surface area (Å²) in [6.45, 7) is 0.872. The van der Waals surface area contributed by atoms with Gasteiger partial charge < -0.3 is 14.7 Å². The molecule has 5 rings (SSSR count). The molecule has 0 bridgehead atoms. The number of hydrogen-bond donors (Lipinski definition) is 1. The van der Waals surface area contributed by atoms with Gasteiger partial charge in [-0.3, -0.25) is 14.8 Å². The van der Waals surface area contributed by atoms with Crippen molar-refractivity contribution in [2.24, 2.45) is 0 Å². The summed E-state index contributed by atoms with van der Waals surface area (Å²) in [5.41, 5.74) is 3.58. The summed E-state index contributed by atoms with van der Waals surface area (Å²) in [5, 5.41) is 9.42. The van der Waals surface area contributed by atoms with E-state index in [-0.39, 0.29) is 23.1 Å². The van der Waals surface area contributed by atoms with Gasteiger partial charge in [0.15, 0.2) is 0 Å². The summed E-state index contributed by atoms with van der Waals surface area (Å²) in [6.07, 6.45) is 7.74. The second-order valence-corrected chi connectivity index (χ2v) is 8.78. The number of ether oxygens (including phenoxy) is 1. The number of rotatable bonds is 6. The summed E-state index contributed by atoms with van der Waals surface area (Å²) in [7, 11) is 0. The molecule has 1 aliphatic heterocycles.